The van der Waals surface area contributed by atoms with Crippen LogP contribution in [0.5, 0.6) is 0 Å². The summed E-state index contributed by atoms with van der Waals surface area (Å²) in [6, 6.07) is 50.9. The number of aromatic nitrogens is 2. The van der Waals surface area contributed by atoms with E-state index in [2.05, 4.69) is 129 Å². The number of para-hydroxylation sites is 4. The number of hydrazone groups is 1. The fourth-order valence-corrected chi connectivity index (χ4v) is 6.68. The minimum atomic E-state index is 0.995. The molecule has 6 aromatic carbocycles. The highest BCUT2D eigenvalue weighted by atomic mass is 32.2. The molecule has 44 heavy (non-hydrogen) atoms. The Kier molecular flexibility index (Phi) is 6.47. The van der Waals surface area contributed by atoms with Gasteiger partial charge in [0.1, 0.15) is 0 Å². The van der Waals surface area contributed by atoms with Crippen LogP contribution in [0.3, 0.4) is 0 Å². The Morgan fingerprint density at radius 1 is 0.545 bits per heavy atom. The summed E-state index contributed by atoms with van der Waals surface area (Å²) in [5.74, 6) is 6.24. The second-order valence-corrected chi connectivity index (χ2v) is 11.5. The van der Waals surface area contributed by atoms with Gasteiger partial charge in [0.2, 0.25) is 6.21 Å². The summed E-state index contributed by atoms with van der Waals surface area (Å²) in [7, 11) is 0. The van der Waals surface area contributed by atoms with E-state index in [0.29, 0.717) is 0 Å². The lowest BCUT2D eigenvalue weighted by Crippen LogP contribution is -2.12. The molecule has 0 unspecified atom stereocenters. The summed E-state index contributed by atoms with van der Waals surface area (Å²) in [5, 5.41) is 4.87. The monoisotopic (exact) mass is 586 g/mol. The zero-order chi connectivity index (χ0) is 29.5. The lowest BCUT2D eigenvalue weighted by Gasteiger charge is -2.14. The Morgan fingerprint density at radius 2 is 1.09 bits per heavy atom. The Bertz CT molecular complexity index is 2370. The predicted octanol–water partition coefficient (Wildman–Crippen LogP) is 8.87. The summed E-state index contributed by atoms with van der Waals surface area (Å²) in [5.41, 5.74) is 8.86. The van der Waals surface area contributed by atoms with Gasteiger partial charge in [-0.15, -0.1) is 0 Å². The lowest BCUT2D eigenvalue weighted by molar-refractivity contribution is -0.352. The van der Waals surface area contributed by atoms with Crippen molar-refractivity contribution in [2.75, 3.05) is 0 Å². The third kappa shape index (κ3) is 4.35. The van der Waals surface area contributed by atoms with Crippen LogP contribution in [0.15, 0.2) is 150 Å². The molecular formula is C38H28N5S+. The molecule has 0 amide bonds. The van der Waals surface area contributed by atoms with Crippen LogP contribution >= 0.6 is 12.1 Å². The van der Waals surface area contributed by atoms with E-state index in [-0.39, 0.29) is 0 Å². The van der Waals surface area contributed by atoms with E-state index < -0.39 is 0 Å². The smallest absolute Gasteiger partial charge is 0.307 e. The molecule has 5 nitrogen and oxygen atoms in total. The number of hydrogen-bond donors (Lipinski definition) is 1. The van der Waals surface area contributed by atoms with Crippen molar-refractivity contribution < 1.29 is 4.09 Å². The molecule has 0 aliphatic rings. The van der Waals surface area contributed by atoms with Crippen molar-refractivity contribution in [3.63, 3.8) is 0 Å². The van der Waals surface area contributed by atoms with E-state index in [1.54, 1.807) is 0 Å². The fourth-order valence-electron chi connectivity index (χ4n) is 6.24. The number of hydrazine groups is 1. The van der Waals surface area contributed by atoms with Gasteiger partial charge in [-0.1, -0.05) is 103 Å². The Morgan fingerprint density at radius 3 is 1.80 bits per heavy atom. The normalized spacial score (nSPS) is 12.3. The first kappa shape index (κ1) is 26.1. The molecule has 2 aromatic heterocycles. The summed E-state index contributed by atoms with van der Waals surface area (Å²) in [6.07, 6.45) is 3.76. The Balaban J connectivity index is 1.39. The van der Waals surface area contributed by atoms with Crippen molar-refractivity contribution in [3.8, 4) is 11.4 Å². The zero-order valence-corrected chi connectivity index (χ0v) is 24.6. The maximum absolute atomic E-state index is 6.24. The number of rotatable bonds is 6. The van der Waals surface area contributed by atoms with E-state index in [1.165, 1.54) is 48.8 Å². The molecule has 0 atom stereocenters. The molecule has 8 rings (SSSR count). The van der Waals surface area contributed by atoms with Gasteiger partial charge in [-0.3, -0.25) is 0 Å². The topological polar surface area (TPSA) is 51.2 Å². The van der Waals surface area contributed by atoms with Gasteiger partial charge < -0.3 is 9.13 Å². The average Bonchev–Trinajstić information content (AvgIpc) is 3.59. The van der Waals surface area contributed by atoms with Crippen LogP contribution in [0.4, 0.5) is 0 Å². The minimum Gasteiger partial charge on any atom is -0.307 e. The molecule has 210 valence electrons. The molecule has 6 heteroatoms. The summed E-state index contributed by atoms with van der Waals surface area (Å²) in [6.45, 7) is 0. The highest BCUT2D eigenvalue weighted by Crippen LogP contribution is 2.41. The fraction of sp³-hybridized carbons (Fsp3) is 0. The molecular weight excluding hydrogens is 559 g/mol. The standard InChI is InChI=1S/C38H28N5S/c39-41(26-27-13-3-1-4-14-27)44-40-25-28-15-7-10-20-34(28)43-36-22-12-9-19-31(36)33-24-23-32-30-18-8-11-21-35(30)42(37(32)38(33)43)29-16-5-2-6-17-29/h1-26H,39H2/q+1/b40-25+,41-26+. The van der Waals surface area contributed by atoms with Crippen LogP contribution in [-0.2, 0) is 0 Å². The minimum absolute atomic E-state index is 0.995. The zero-order valence-electron chi connectivity index (χ0n) is 23.8. The van der Waals surface area contributed by atoms with Crippen molar-refractivity contribution in [3.05, 3.63) is 157 Å². The third-order valence-corrected chi connectivity index (χ3v) is 8.56. The van der Waals surface area contributed by atoms with Gasteiger partial charge in [0.15, 0.2) is 0 Å². The molecule has 0 spiro atoms. The van der Waals surface area contributed by atoms with Crippen molar-refractivity contribution in [1.82, 2.24) is 9.13 Å². The van der Waals surface area contributed by atoms with Gasteiger partial charge in [-0.25, -0.2) is 0 Å². The second kappa shape index (κ2) is 10.9. The Hall–Kier alpha value is -5.59. The molecule has 0 aliphatic heterocycles. The first-order chi connectivity index (χ1) is 21.8. The number of benzene rings is 6. The summed E-state index contributed by atoms with van der Waals surface area (Å²) >= 11 is 1.20. The summed E-state index contributed by atoms with van der Waals surface area (Å²) in [4.78, 5) is 0. The van der Waals surface area contributed by atoms with Crippen LogP contribution in [0, 0.1) is 0 Å². The van der Waals surface area contributed by atoms with Crippen LogP contribution in [0.1, 0.15) is 11.1 Å². The maximum atomic E-state index is 6.24. The molecule has 0 fully saturated rings. The molecule has 2 N–H and O–H groups in total. The van der Waals surface area contributed by atoms with Crippen molar-refractivity contribution >= 4 is 68.2 Å². The molecule has 0 aliphatic carbocycles. The van der Waals surface area contributed by atoms with Crippen LogP contribution in [0.2, 0.25) is 0 Å². The van der Waals surface area contributed by atoms with Crippen LogP contribution in [0.25, 0.3) is 55.0 Å². The second-order valence-electron chi connectivity index (χ2n) is 10.7. The quantitative estimate of drug-likeness (QED) is 0.0696. The van der Waals surface area contributed by atoms with Gasteiger partial charge in [-0.05, 0) is 46.6 Å². The van der Waals surface area contributed by atoms with E-state index >= 15 is 0 Å². The van der Waals surface area contributed by atoms with E-state index in [1.807, 2.05) is 42.8 Å². The molecule has 0 radical (unpaired) electrons. The van der Waals surface area contributed by atoms with Crippen molar-refractivity contribution in [1.29, 1.82) is 0 Å². The molecule has 0 saturated heterocycles. The molecule has 0 bridgehead atoms. The highest BCUT2D eigenvalue weighted by molar-refractivity contribution is 7.92. The lowest BCUT2D eigenvalue weighted by atomic mass is 10.1. The van der Waals surface area contributed by atoms with Gasteiger partial charge in [-0.2, -0.15) is 10.2 Å². The summed E-state index contributed by atoms with van der Waals surface area (Å²) < 4.78 is 11.0. The molecule has 8 aromatic rings. The third-order valence-electron chi connectivity index (χ3n) is 8.07. The molecule has 2 heterocycles. The average molecular weight is 587 g/mol. The predicted molar refractivity (Wildman–Crippen MR) is 186 cm³/mol. The van der Waals surface area contributed by atoms with Gasteiger partial charge in [0.25, 0.3) is 0 Å². The Labute approximate surface area is 259 Å². The van der Waals surface area contributed by atoms with Gasteiger partial charge in [0, 0.05) is 38.4 Å². The van der Waals surface area contributed by atoms with Crippen molar-refractivity contribution in [2.45, 2.75) is 0 Å². The largest absolute Gasteiger partial charge is 0.341 e. The van der Waals surface area contributed by atoms with Gasteiger partial charge >= 0.3 is 12.1 Å². The first-order valence-electron chi connectivity index (χ1n) is 14.5. The van der Waals surface area contributed by atoms with Gasteiger partial charge in [0.05, 0.1) is 34.0 Å². The van der Waals surface area contributed by atoms with Crippen LogP contribution in [-0.4, -0.2) is 25.7 Å². The number of fused-ring (bicyclic) bond motifs is 7. The van der Waals surface area contributed by atoms with E-state index in [0.717, 1.165) is 33.5 Å². The number of nitrogens with two attached hydrogens (primary N) is 1. The number of hydrogen-bond acceptors (Lipinski definition) is 3. The maximum Gasteiger partial charge on any atom is 0.341 e. The molecule has 0 saturated carbocycles. The van der Waals surface area contributed by atoms with E-state index in [9.17, 15) is 0 Å². The SMILES string of the molecule is N/[N+](=C\c1ccccc1)S/N=C/c1ccccc1-n1c2ccccc2c2ccc3c4ccccc4n(-c4ccccc4)c3c21. The van der Waals surface area contributed by atoms with E-state index in [4.69, 9.17) is 5.84 Å². The number of nitrogens with zero attached hydrogens (tertiary/aromatic N) is 4. The van der Waals surface area contributed by atoms with Crippen molar-refractivity contribution in [2.24, 2.45) is 10.2 Å². The van der Waals surface area contributed by atoms with Crippen LogP contribution < -0.4 is 5.84 Å². The first-order valence-corrected chi connectivity index (χ1v) is 15.3. The highest BCUT2D eigenvalue weighted by Gasteiger charge is 2.21.